The van der Waals surface area contributed by atoms with Gasteiger partial charge in [0.15, 0.2) is 0 Å². The summed E-state index contributed by atoms with van der Waals surface area (Å²) in [5, 5.41) is 0. The third kappa shape index (κ3) is 2.37. The minimum absolute atomic E-state index is 0.0860. The molecule has 2 nitrogen and oxygen atoms in total. The Bertz CT molecular complexity index is 818. The van der Waals surface area contributed by atoms with E-state index in [1.165, 1.54) is 0 Å². The van der Waals surface area contributed by atoms with E-state index >= 15 is 0 Å². The van der Waals surface area contributed by atoms with E-state index in [0.717, 1.165) is 17.7 Å². The van der Waals surface area contributed by atoms with E-state index in [0.29, 0.717) is 17.1 Å². The maximum absolute atomic E-state index is 13.8. The fraction of sp³-hybridized carbons (Fsp3) is 0.133. The standard InChI is InChI=1S/C15H10F4N2/c1-8-3-2-4-12-13(8)21-14(20-12)10-7-9(15(17,18)19)5-6-11(10)16/h2-7H,1H3,(H,20,21). The molecule has 1 heterocycles. The minimum atomic E-state index is -4.52. The average molecular weight is 294 g/mol. The van der Waals surface area contributed by atoms with Gasteiger partial charge in [-0.15, -0.1) is 0 Å². The summed E-state index contributed by atoms with van der Waals surface area (Å²) in [6.45, 7) is 1.83. The van der Waals surface area contributed by atoms with Crippen molar-refractivity contribution in [1.82, 2.24) is 9.97 Å². The highest BCUT2D eigenvalue weighted by molar-refractivity contribution is 5.82. The molecule has 0 atom stereocenters. The number of nitrogens with zero attached hydrogens (tertiary/aromatic N) is 1. The summed E-state index contributed by atoms with van der Waals surface area (Å²) in [5.74, 6) is -0.664. The van der Waals surface area contributed by atoms with Crippen LogP contribution in [0.4, 0.5) is 17.6 Å². The topological polar surface area (TPSA) is 28.7 Å². The van der Waals surface area contributed by atoms with E-state index in [9.17, 15) is 17.6 Å². The minimum Gasteiger partial charge on any atom is -0.338 e. The van der Waals surface area contributed by atoms with Gasteiger partial charge in [0.25, 0.3) is 0 Å². The molecule has 3 rings (SSSR count). The fourth-order valence-corrected chi connectivity index (χ4v) is 2.19. The molecule has 0 saturated heterocycles. The normalized spacial score (nSPS) is 12.0. The summed E-state index contributed by atoms with van der Waals surface area (Å²) >= 11 is 0. The molecule has 21 heavy (non-hydrogen) atoms. The quantitative estimate of drug-likeness (QED) is 0.648. The largest absolute Gasteiger partial charge is 0.416 e. The molecule has 0 spiro atoms. The Hall–Kier alpha value is -2.37. The number of aryl methyl sites for hydroxylation is 1. The highest BCUT2D eigenvalue weighted by Gasteiger charge is 2.31. The Morgan fingerprint density at radius 3 is 2.52 bits per heavy atom. The van der Waals surface area contributed by atoms with Crippen LogP contribution in [0.1, 0.15) is 11.1 Å². The summed E-state index contributed by atoms with van der Waals surface area (Å²) in [6, 6.07) is 7.65. The number of hydrogen-bond donors (Lipinski definition) is 1. The Morgan fingerprint density at radius 1 is 1.10 bits per heavy atom. The van der Waals surface area contributed by atoms with Crippen molar-refractivity contribution in [3.8, 4) is 11.4 Å². The van der Waals surface area contributed by atoms with Crippen molar-refractivity contribution in [1.29, 1.82) is 0 Å². The molecule has 0 fully saturated rings. The van der Waals surface area contributed by atoms with Crippen LogP contribution >= 0.6 is 0 Å². The third-order valence-corrected chi connectivity index (χ3v) is 3.26. The van der Waals surface area contributed by atoms with Crippen molar-refractivity contribution < 1.29 is 17.6 Å². The van der Waals surface area contributed by atoms with Gasteiger partial charge in [-0.05, 0) is 36.8 Å². The Morgan fingerprint density at radius 2 is 1.86 bits per heavy atom. The van der Waals surface area contributed by atoms with Crippen LogP contribution in [0.5, 0.6) is 0 Å². The zero-order valence-corrected chi connectivity index (χ0v) is 10.9. The molecule has 0 unspecified atom stereocenters. The highest BCUT2D eigenvalue weighted by atomic mass is 19.4. The van der Waals surface area contributed by atoms with Crippen molar-refractivity contribution >= 4 is 11.0 Å². The van der Waals surface area contributed by atoms with E-state index in [4.69, 9.17) is 0 Å². The van der Waals surface area contributed by atoms with Crippen LogP contribution in [0.2, 0.25) is 0 Å². The van der Waals surface area contributed by atoms with Crippen LogP contribution in [0.25, 0.3) is 22.4 Å². The van der Waals surface area contributed by atoms with Crippen LogP contribution < -0.4 is 0 Å². The van der Waals surface area contributed by atoms with Gasteiger partial charge in [-0.3, -0.25) is 0 Å². The van der Waals surface area contributed by atoms with Gasteiger partial charge in [0.05, 0.1) is 22.2 Å². The zero-order chi connectivity index (χ0) is 15.2. The number of benzene rings is 2. The second-order valence-corrected chi connectivity index (χ2v) is 4.75. The molecule has 108 valence electrons. The number of halogens is 4. The number of rotatable bonds is 1. The first-order valence-electron chi connectivity index (χ1n) is 6.19. The molecule has 1 N–H and O–H groups in total. The first-order chi connectivity index (χ1) is 9.86. The van der Waals surface area contributed by atoms with E-state index in [2.05, 4.69) is 9.97 Å². The lowest BCUT2D eigenvalue weighted by Crippen LogP contribution is -2.05. The number of aromatic amines is 1. The van der Waals surface area contributed by atoms with Crippen LogP contribution in [0.15, 0.2) is 36.4 Å². The van der Waals surface area contributed by atoms with Crippen molar-refractivity contribution in [2.45, 2.75) is 13.1 Å². The lowest BCUT2D eigenvalue weighted by molar-refractivity contribution is -0.137. The number of H-pyrrole nitrogens is 1. The van der Waals surface area contributed by atoms with Gasteiger partial charge in [-0.1, -0.05) is 12.1 Å². The lowest BCUT2D eigenvalue weighted by atomic mass is 10.1. The van der Waals surface area contributed by atoms with E-state index < -0.39 is 17.6 Å². The highest BCUT2D eigenvalue weighted by Crippen LogP contribution is 2.33. The summed E-state index contributed by atoms with van der Waals surface area (Å²) < 4.78 is 52.0. The molecule has 0 aliphatic rings. The second-order valence-electron chi connectivity index (χ2n) is 4.75. The van der Waals surface area contributed by atoms with Crippen molar-refractivity contribution in [2.24, 2.45) is 0 Å². The molecule has 0 amide bonds. The maximum Gasteiger partial charge on any atom is 0.416 e. The number of aromatic nitrogens is 2. The van der Waals surface area contributed by atoms with Gasteiger partial charge in [-0.25, -0.2) is 9.37 Å². The molecule has 0 bridgehead atoms. The van der Waals surface area contributed by atoms with Crippen molar-refractivity contribution in [3.05, 3.63) is 53.3 Å². The molecule has 0 saturated carbocycles. The van der Waals surface area contributed by atoms with Gasteiger partial charge in [-0.2, -0.15) is 13.2 Å². The van der Waals surface area contributed by atoms with E-state index in [1.54, 1.807) is 12.1 Å². The zero-order valence-electron chi connectivity index (χ0n) is 10.9. The summed E-state index contributed by atoms with van der Waals surface area (Å²) in [5.41, 5.74) is 1.03. The Labute approximate surface area is 117 Å². The molecule has 0 aliphatic carbocycles. The maximum atomic E-state index is 13.8. The van der Waals surface area contributed by atoms with Crippen molar-refractivity contribution in [2.75, 3.05) is 0 Å². The Balaban J connectivity index is 2.20. The number of para-hydroxylation sites is 1. The SMILES string of the molecule is Cc1cccc2[nH]c(-c3cc(C(F)(F)F)ccc3F)nc12. The predicted molar refractivity (Wildman–Crippen MR) is 71.2 cm³/mol. The molecule has 6 heteroatoms. The lowest BCUT2D eigenvalue weighted by Gasteiger charge is -2.08. The second kappa shape index (κ2) is 4.58. The van der Waals surface area contributed by atoms with Gasteiger partial charge < -0.3 is 4.98 Å². The third-order valence-electron chi connectivity index (χ3n) is 3.26. The Kier molecular flexibility index (Phi) is 2.97. The van der Waals surface area contributed by atoms with Crippen LogP contribution in [0.3, 0.4) is 0 Å². The molecule has 3 aromatic rings. The summed E-state index contributed by atoms with van der Waals surface area (Å²) in [4.78, 5) is 7.06. The number of imidazole rings is 1. The molecular formula is C15H10F4N2. The molecule has 0 radical (unpaired) electrons. The molecule has 0 aliphatic heterocycles. The molecular weight excluding hydrogens is 284 g/mol. The monoisotopic (exact) mass is 294 g/mol. The summed E-state index contributed by atoms with van der Waals surface area (Å²) in [7, 11) is 0. The van der Waals surface area contributed by atoms with Crippen LogP contribution in [-0.2, 0) is 6.18 Å². The van der Waals surface area contributed by atoms with E-state index in [1.807, 2.05) is 13.0 Å². The van der Waals surface area contributed by atoms with E-state index in [-0.39, 0.29) is 11.4 Å². The number of nitrogens with one attached hydrogen (secondary N) is 1. The van der Waals surface area contributed by atoms with Crippen LogP contribution in [0, 0.1) is 12.7 Å². The average Bonchev–Trinajstić information content (AvgIpc) is 2.83. The number of alkyl halides is 3. The van der Waals surface area contributed by atoms with Gasteiger partial charge in [0, 0.05) is 0 Å². The fourth-order valence-electron chi connectivity index (χ4n) is 2.19. The molecule has 1 aromatic heterocycles. The number of hydrogen-bond acceptors (Lipinski definition) is 1. The summed E-state index contributed by atoms with van der Waals surface area (Å²) in [6.07, 6.45) is -4.52. The first kappa shape index (κ1) is 13.6. The van der Waals surface area contributed by atoms with Gasteiger partial charge in [0.1, 0.15) is 11.6 Å². The smallest absolute Gasteiger partial charge is 0.338 e. The van der Waals surface area contributed by atoms with Crippen molar-refractivity contribution in [3.63, 3.8) is 0 Å². The van der Waals surface area contributed by atoms with Crippen LogP contribution in [-0.4, -0.2) is 9.97 Å². The number of fused-ring (bicyclic) bond motifs is 1. The first-order valence-corrected chi connectivity index (χ1v) is 6.19. The van der Waals surface area contributed by atoms with Gasteiger partial charge in [0.2, 0.25) is 0 Å². The predicted octanol–water partition coefficient (Wildman–Crippen LogP) is 4.70. The molecule has 2 aromatic carbocycles. The van der Waals surface area contributed by atoms with Gasteiger partial charge >= 0.3 is 6.18 Å².